The third-order valence-corrected chi connectivity index (χ3v) is 6.10. The summed E-state index contributed by atoms with van der Waals surface area (Å²) in [6.07, 6.45) is 1.75. The van der Waals surface area contributed by atoms with Gasteiger partial charge in [-0.05, 0) is 31.0 Å². The molecule has 0 saturated heterocycles. The Hall–Kier alpha value is -2.87. The summed E-state index contributed by atoms with van der Waals surface area (Å²) in [5.41, 5.74) is 1.26. The topological polar surface area (TPSA) is 82.4 Å². The minimum atomic E-state index is -0.253. The number of aromatic nitrogens is 2. The van der Waals surface area contributed by atoms with Crippen molar-refractivity contribution in [3.63, 3.8) is 0 Å². The van der Waals surface area contributed by atoms with E-state index < -0.39 is 0 Å². The predicted molar refractivity (Wildman–Crippen MR) is 102 cm³/mol. The first-order valence-electron chi connectivity index (χ1n) is 8.85. The van der Waals surface area contributed by atoms with Crippen molar-refractivity contribution in [1.82, 2.24) is 9.55 Å². The average molecular weight is 383 g/mol. The maximum absolute atomic E-state index is 12.8. The van der Waals surface area contributed by atoms with Gasteiger partial charge in [0.25, 0.3) is 11.5 Å². The molecule has 2 aliphatic rings. The van der Waals surface area contributed by atoms with Gasteiger partial charge in [0.05, 0.1) is 10.3 Å². The molecule has 27 heavy (non-hydrogen) atoms. The number of rotatable bonds is 2. The lowest BCUT2D eigenvalue weighted by Crippen LogP contribution is -2.20. The average Bonchev–Trinajstić information content (AvgIpc) is 3.27. The zero-order chi connectivity index (χ0) is 18.5. The van der Waals surface area contributed by atoms with Crippen LogP contribution in [0.3, 0.4) is 0 Å². The summed E-state index contributed by atoms with van der Waals surface area (Å²) in [6, 6.07) is 5.30. The van der Waals surface area contributed by atoms with Crippen LogP contribution in [0.5, 0.6) is 11.5 Å². The molecule has 3 aromatic rings. The summed E-state index contributed by atoms with van der Waals surface area (Å²) in [6.45, 7) is 3.51. The Morgan fingerprint density at radius 1 is 1.26 bits per heavy atom. The van der Waals surface area contributed by atoms with Crippen molar-refractivity contribution < 1.29 is 14.3 Å². The zero-order valence-electron chi connectivity index (χ0n) is 14.7. The van der Waals surface area contributed by atoms with Gasteiger partial charge in [0.2, 0.25) is 0 Å². The number of ether oxygens (including phenoxy) is 2. The number of carbonyl (C=O) groups excluding carboxylic acids is 1. The van der Waals surface area contributed by atoms with Gasteiger partial charge in [0.15, 0.2) is 11.5 Å². The molecule has 0 aliphatic carbocycles. The molecule has 4 heterocycles. The van der Waals surface area contributed by atoms with E-state index in [2.05, 4.69) is 10.3 Å². The molecule has 1 aromatic carbocycles. The van der Waals surface area contributed by atoms with E-state index in [0.29, 0.717) is 57.6 Å². The Kier molecular flexibility index (Phi) is 3.68. The molecular weight excluding hydrogens is 366 g/mol. The van der Waals surface area contributed by atoms with Gasteiger partial charge in [-0.25, -0.2) is 4.98 Å². The fourth-order valence-electron chi connectivity index (χ4n) is 3.60. The Labute approximate surface area is 158 Å². The highest BCUT2D eigenvalue weighted by atomic mass is 32.1. The van der Waals surface area contributed by atoms with E-state index in [0.717, 1.165) is 18.7 Å². The van der Waals surface area contributed by atoms with Gasteiger partial charge in [-0.2, -0.15) is 0 Å². The van der Waals surface area contributed by atoms with E-state index in [1.165, 1.54) is 11.3 Å². The van der Waals surface area contributed by atoms with Crippen molar-refractivity contribution in [1.29, 1.82) is 0 Å². The number of anilines is 1. The minimum Gasteiger partial charge on any atom is -0.486 e. The molecule has 5 rings (SSSR count). The molecule has 138 valence electrons. The van der Waals surface area contributed by atoms with Crippen molar-refractivity contribution in [2.45, 2.75) is 26.3 Å². The number of thiophene rings is 1. The highest BCUT2D eigenvalue weighted by Gasteiger charge is 2.23. The van der Waals surface area contributed by atoms with Gasteiger partial charge in [-0.1, -0.05) is 0 Å². The molecule has 8 heteroatoms. The van der Waals surface area contributed by atoms with E-state index in [1.54, 1.807) is 22.8 Å². The van der Waals surface area contributed by atoms with Crippen LogP contribution in [0.25, 0.3) is 10.2 Å². The van der Waals surface area contributed by atoms with E-state index in [1.807, 2.05) is 6.92 Å². The summed E-state index contributed by atoms with van der Waals surface area (Å²) in [5, 5.41) is 3.44. The van der Waals surface area contributed by atoms with E-state index >= 15 is 0 Å². The highest BCUT2D eigenvalue weighted by Crippen LogP contribution is 2.34. The zero-order valence-corrected chi connectivity index (χ0v) is 15.5. The highest BCUT2D eigenvalue weighted by molar-refractivity contribution is 7.20. The summed E-state index contributed by atoms with van der Waals surface area (Å²) >= 11 is 1.27. The second kappa shape index (κ2) is 6.09. The second-order valence-electron chi connectivity index (χ2n) is 6.64. The molecule has 1 amide bonds. The minimum absolute atomic E-state index is 0.0420. The van der Waals surface area contributed by atoms with Crippen LogP contribution < -0.4 is 20.3 Å². The lowest BCUT2D eigenvalue weighted by molar-refractivity contribution is 0.103. The Morgan fingerprint density at radius 2 is 2.07 bits per heavy atom. The standard InChI is InChI=1S/C19H17N3O4S/c1-10-15-18(21-14-3-2-6-22(14)19(15)24)27-16(10)17(23)20-11-4-5-12-13(9-11)26-8-7-25-12/h4-5,9H,2-3,6-8H2,1H3,(H,20,23). The molecule has 0 spiro atoms. The molecule has 0 fully saturated rings. The SMILES string of the molecule is Cc1c(C(=O)Nc2ccc3c(c2)OCCO3)sc2nc3n(c(=O)c12)CCC3. The Bertz CT molecular complexity index is 1150. The number of carbonyl (C=O) groups is 1. The smallest absolute Gasteiger partial charge is 0.266 e. The van der Waals surface area contributed by atoms with E-state index in [9.17, 15) is 9.59 Å². The molecule has 2 aromatic heterocycles. The number of nitrogens with one attached hydrogen (secondary N) is 1. The normalized spacial score (nSPS) is 15.0. The molecule has 0 radical (unpaired) electrons. The number of hydrogen-bond acceptors (Lipinski definition) is 6. The third-order valence-electron chi connectivity index (χ3n) is 4.92. The van der Waals surface area contributed by atoms with Gasteiger partial charge in [0.1, 0.15) is 23.9 Å². The van der Waals surface area contributed by atoms with Crippen LogP contribution >= 0.6 is 11.3 Å². The van der Waals surface area contributed by atoms with Crippen LogP contribution in [0.1, 0.15) is 27.5 Å². The van der Waals surface area contributed by atoms with Crippen molar-refractivity contribution in [3.8, 4) is 11.5 Å². The number of hydrogen-bond donors (Lipinski definition) is 1. The van der Waals surface area contributed by atoms with E-state index in [4.69, 9.17) is 9.47 Å². The summed E-state index contributed by atoms with van der Waals surface area (Å²) in [7, 11) is 0. The number of amides is 1. The molecule has 7 nitrogen and oxygen atoms in total. The largest absolute Gasteiger partial charge is 0.486 e. The quantitative estimate of drug-likeness (QED) is 0.736. The molecule has 0 atom stereocenters. The van der Waals surface area contributed by atoms with Crippen LogP contribution in [0.15, 0.2) is 23.0 Å². The number of aryl methyl sites for hydroxylation is 2. The molecule has 1 N–H and O–H groups in total. The van der Waals surface area contributed by atoms with Crippen LogP contribution in [0.2, 0.25) is 0 Å². The van der Waals surface area contributed by atoms with Gasteiger partial charge >= 0.3 is 0 Å². The first-order valence-corrected chi connectivity index (χ1v) is 9.67. The summed E-state index contributed by atoms with van der Waals surface area (Å²) < 4.78 is 12.8. The monoisotopic (exact) mass is 383 g/mol. The number of nitrogens with zero attached hydrogens (tertiary/aromatic N) is 2. The Balaban J connectivity index is 1.50. The number of fused-ring (bicyclic) bond motifs is 3. The van der Waals surface area contributed by atoms with Crippen LogP contribution in [0.4, 0.5) is 5.69 Å². The summed E-state index contributed by atoms with van der Waals surface area (Å²) in [4.78, 5) is 31.3. The van der Waals surface area contributed by atoms with Gasteiger partial charge in [-0.15, -0.1) is 11.3 Å². The van der Waals surface area contributed by atoms with Crippen molar-refractivity contribution >= 4 is 33.1 Å². The fourth-order valence-corrected chi connectivity index (χ4v) is 4.69. The Morgan fingerprint density at radius 3 is 2.93 bits per heavy atom. The maximum atomic E-state index is 12.8. The van der Waals surface area contributed by atoms with E-state index in [-0.39, 0.29) is 11.5 Å². The fraction of sp³-hybridized carbons (Fsp3) is 0.316. The van der Waals surface area contributed by atoms with Crippen LogP contribution in [-0.4, -0.2) is 28.7 Å². The third kappa shape index (κ3) is 2.59. The van der Waals surface area contributed by atoms with Crippen LogP contribution in [-0.2, 0) is 13.0 Å². The van der Waals surface area contributed by atoms with Gasteiger partial charge in [0, 0.05) is 24.7 Å². The predicted octanol–water partition coefficient (Wildman–Crippen LogP) is 2.74. The van der Waals surface area contributed by atoms with Gasteiger partial charge < -0.3 is 14.8 Å². The summed E-state index contributed by atoms with van der Waals surface area (Å²) in [5.74, 6) is 1.84. The van der Waals surface area contributed by atoms with Crippen LogP contribution in [0, 0.1) is 6.92 Å². The molecular formula is C19H17N3O4S. The maximum Gasteiger partial charge on any atom is 0.266 e. The number of benzene rings is 1. The van der Waals surface area contributed by atoms with Crippen molar-refractivity contribution in [2.24, 2.45) is 0 Å². The second-order valence-corrected chi connectivity index (χ2v) is 7.64. The lowest BCUT2D eigenvalue weighted by atomic mass is 10.2. The lowest BCUT2D eigenvalue weighted by Gasteiger charge is -2.18. The first kappa shape index (κ1) is 16.3. The molecule has 2 aliphatic heterocycles. The first-order chi connectivity index (χ1) is 13.1. The molecule has 0 saturated carbocycles. The molecule has 0 unspecified atom stereocenters. The van der Waals surface area contributed by atoms with Crippen molar-refractivity contribution in [2.75, 3.05) is 18.5 Å². The van der Waals surface area contributed by atoms with Gasteiger partial charge in [-0.3, -0.25) is 14.2 Å². The van der Waals surface area contributed by atoms with Crippen molar-refractivity contribution in [3.05, 3.63) is 44.8 Å². The molecule has 0 bridgehead atoms.